The van der Waals surface area contributed by atoms with Gasteiger partial charge < -0.3 is 9.31 Å². The largest absolute Gasteiger partial charge is 0.494 e. The molecule has 2 aromatic rings. The van der Waals surface area contributed by atoms with Gasteiger partial charge in [0.2, 0.25) is 0 Å². The minimum absolute atomic E-state index is 0.372. The molecule has 9 heteroatoms. The van der Waals surface area contributed by atoms with E-state index in [-0.39, 0.29) is 18.3 Å². The van der Waals surface area contributed by atoms with E-state index in [0.717, 1.165) is 37.1 Å². The van der Waals surface area contributed by atoms with Crippen molar-refractivity contribution in [3.8, 4) is 0 Å². The summed E-state index contributed by atoms with van der Waals surface area (Å²) < 4.78 is 12.4. The summed E-state index contributed by atoms with van der Waals surface area (Å²) >= 11 is 1.70. The normalized spacial score (nSPS) is 16.8. The maximum Gasteiger partial charge on any atom is 0.494 e. The van der Waals surface area contributed by atoms with Gasteiger partial charge in [-0.1, -0.05) is 24.3 Å². The van der Waals surface area contributed by atoms with Gasteiger partial charge in [0.05, 0.1) is 16.9 Å². The number of amides is 2. The van der Waals surface area contributed by atoms with E-state index in [1.807, 2.05) is 25.1 Å². The molecule has 0 bridgehead atoms. The summed E-state index contributed by atoms with van der Waals surface area (Å²) in [6.07, 6.45) is 0. The molecular formula is C23H33BN4O3S. The van der Waals surface area contributed by atoms with Crippen molar-refractivity contribution in [3.63, 3.8) is 0 Å². The third-order valence-corrected chi connectivity index (χ3v) is 7.45. The van der Waals surface area contributed by atoms with Crippen molar-refractivity contribution >= 4 is 36.1 Å². The van der Waals surface area contributed by atoms with Crippen LogP contribution in [0.2, 0.25) is 0 Å². The lowest BCUT2D eigenvalue weighted by atomic mass is 9.78. The van der Waals surface area contributed by atoms with E-state index in [2.05, 4.69) is 52.8 Å². The average Bonchev–Trinajstić information content (AvgIpc) is 2.93. The topological polar surface area (TPSA) is 94.0 Å². The summed E-state index contributed by atoms with van der Waals surface area (Å²) in [6, 6.07) is 11.5. The van der Waals surface area contributed by atoms with Crippen molar-refractivity contribution in [3.05, 3.63) is 53.1 Å². The van der Waals surface area contributed by atoms with Crippen molar-refractivity contribution in [1.29, 1.82) is 0 Å². The quantitative estimate of drug-likeness (QED) is 0.235. The third-order valence-electron chi connectivity index (χ3n) is 6.25. The van der Waals surface area contributed by atoms with Gasteiger partial charge in [0.1, 0.15) is 0 Å². The molecule has 3 rings (SSSR count). The van der Waals surface area contributed by atoms with E-state index in [9.17, 15) is 4.79 Å². The van der Waals surface area contributed by atoms with Gasteiger partial charge >= 0.3 is 13.1 Å². The zero-order valence-corrected chi connectivity index (χ0v) is 20.7. The number of hydrazine groups is 2. The number of hydrogen-bond donors (Lipinski definition) is 2. The second-order valence-corrected chi connectivity index (χ2v) is 10.3. The first kappa shape index (κ1) is 24.6. The summed E-state index contributed by atoms with van der Waals surface area (Å²) in [7, 11) is 1.09. The van der Waals surface area contributed by atoms with Crippen LogP contribution in [0.4, 0.5) is 10.5 Å². The minimum Gasteiger partial charge on any atom is -0.399 e. The van der Waals surface area contributed by atoms with Gasteiger partial charge in [-0.25, -0.2) is 21.5 Å². The third kappa shape index (κ3) is 4.82. The summed E-state index contributed by atoms with van der Waals surface area (Å²) in [4.78, 5) is 13.4. The number of nitrogens with zero attached hydrogens (tertiary/aromatic N) is 2. The highest BCUT2D eigenvalue weighted by atomic mass is 32.2. The highest BCUT2D eigenvalue weighted by Gasteiger charge is 2.51. The molecule has 1 aliphatic heterocycles. The van der Waals surface area contributed by atoms with Crippen LogP contribution in [0.15, 0.2) is 41.3 Å². The second-order valence-electron chi connectivity index (χ2n) is 9.24. The number of aryl methyl sites for hydroxylation is 2. The lowest BCUT2D eigenvalue weighted by Crippen LogP contribution is -2.49. The predicted molar refractivity (Wildman–Crippen MR) is 132 cm³/mol. The fraction of sp³-hybridized carbons (Fsp3) is 0.435. The minimum atomic E-state index is -0.482. The average molecular weight is 456 g/mol. The van der Waals surface area contributed by atoms with Gasteiger partial charge in [-0.2, -0.15) is 0 Å². The van der Waals surface area contributed by atoms with Gasteiger partial charge in [0.25, 0.3) is 0 Å². The van der Waals surface area contributed by atoms with Gasteiger partial charge in [0, 0.05) is 17.7 Å². The Morgan fingerprint density at radius 3 is 2.22 bits per heavy atom. The molecule has 1 saturated heterocycles. The molecule has 2 amide bonds. The van der Waals surface area contributed by atoms with Crippen molar-refractivity contribution in [2.24, 2.45) is 11.7 Å². The van der Waals surface area contributed by atoms with Crippen molar-refractivity contribution in [2.45, 2.75) is 63.4 Å². The number of carbonyl (C=O) groups is 1. The Morgan fingerprint density at radius 1 is 1.03 bits per heavy atom. The zero-order valence-electron chi connectivity index (χ0n) is 19.9. The van der Waals surface area contributed by atoms with Crippen LogP contribution in [-0.2, 0) is 15.1 Å². The van der Waals surface area contributed by atoms with Crippen LogP contribution in [0.3, 0.4) is 0 Å². The molecule has 7 nitrogen and oxygen atoms in total. The molecule has 4 N–H and O–H groups in total. The highest BCUT2D eigenvalue weighted by molar-refractivity contribution is 7.98. The number of nitrogens with two attached hydrogens (primary N) is 2. The maximum absolute atomic E-state index is 12.3. The molecular weight excluding hydrogens is 423 g/mol. The van der Waals surface area contributed by atoms with Crippen LogP contribution < -0.4 is 22.2 Å². The van der Waals surface area contributed by atoms with Crippen molar-refractivity contribution in [2.75, 3.05) is 12.1 Å². The number of benzene rings is 2. The first-order valence-electron chi connectivity index (χ1n) is 10.6. The molecule has 0 unspecified atom stereocenters. The van der Waals surface area contributed by atoms with Crippen LogP contribution in [0.1, 0.15) is 44.4 Å². The molecule has 0 radical (unpaired) electrons. The van der Waals surface area contributed by atoms with E-state index in [1.165, 1.54) is 7.05 Å². The fourth-order valence-corrected chi connectivity index (χ4v) is 4.61. The Morgan fingerprint density at radius 2 is 1.66 bits per heavy atom. The Kier molecular flexibility index (Phi) is 6.98. The monoisotopic (exact) mass is 456 g/mol. The molecule has 0 aliphatic carbocycles. The number of anilines is 1. The van der Waals surface area contributed by atoms with Gasteiger partial charge in [-0.3, -0.25) is 5.01 Å². The molecule has 0 aromatic heterocycles. The standard InChI is InChI=1S/C23H33BN4O3S/c1-15-9-8-10-19(28(26)21(29)27(7)25)18(15)14-32-20-12-11-17(13-16(20)2)24-30-22(3,4)23(5,6)31-24/h8-13H,14,25-26H2,1-7H3. The molecule has 32 heavy (non-hydrogen) atoms. The Hall–Kier alpha value is -2.04. The van der Waals surface area contributed by atoms with Crippen LogP contribution in [0, 0.1) is 13.8 Å². The van der Waals surface area contributed by atoms with E-state index in [4.69, 9.17) is 21.0 Å². The van der Waals surface area contributed by atoms with Crippen LogP contribution in [-0.4, -0.2) is 36.4 Å². The number of urea groups is 1. The number of carbonyl (C=O) groups excluding carboxylic acids is 1. The molecule has 1 fully saturated rings. The van der Waals surface area contributed by atoms with Gasteiger partial charge in [-0.15, -0.1) is 11.8 Å². The number of rotatable bonds is 5. The van der Waals surface area contributed by atoms with Crippen LogP contribution in [0.25, 0.3) is 0 Å². The predicted octanol–water partition coefficient (Wildman–Crippen LogP) is 3.50. The lowest BCUT2D eigenvalue weighted by molar-refractivity contribution is 0.00578. The van der Waals surface area contributed by atoms with Gasteiger partial charge in [0.15, 0.2) is 0 Å². The first-order valence-corrected chi connectivity index (χ1v) is 11.6. The molecule has 172 valence electrons. The van der Waals surface area contributed by atoms with Gasteiger partial charge in [-0.05, 0) is 75.8 Å². The first-order chi connectivity index (χ1) is 14.8. The molecule has 0 atom stereocenters. The van der Waals surface area contributed by atoms with E-state index in [1.54, 1.807) is 11.8 Å². The SMILES string of the molecule is Cc1cc(B2OC(C)(C)C(C)(C)O2)ccc1SCc1c(C)cccc1N(N)C(=O)N(C)N. The van der Waals surface area contributed by atoms with E-state index >= 15 is 0 Å². The molecule has 1 aliphatic rings. The fourth-order valence-electron chi connectivity index (χ4n) is 3.48. The molecule has 0 saturated carbocycles. The summed E-state index contributed by atoms with van der Waals surface area (Å²) in [6.45, 7) is 12.3. The Bertz CT molecular complexity index is 997. The van der Waals surface area contributed by atoms with E-state index < -0.39 is 6.03 Å². The Balaban J connectivity index is 1.78. The smallest absolute Gasteiger partial charge is 0.399 e. The Labute approximate surface area is 195 Å². The second kappa shape index (κ2) is 9.07. The van der Waals surface area contributed by atoms with E-state index in [0.29, 0.717) is 11.4 Å². The number of thioether (sulfide) groups is 1. The van der Waals surface area contributed by atoms with Crippen molar-refractivity contribution in [1.82, 2.24) is 5.01 Å². The van der Waals surface area contributed by atoms with Crippen LogP contribution in [0.5, 0.6) is 0 Å². The lowest BCUT2D eigenvalue weighted by Gasteiger charge is -2.32. The zero-order chi connectivity index (χ0) is 23.8. The maximum atomic E-state index is 12.3. The summed E-state index contributed by atoms with van der Waals surface area (Å²) in [5.74, 6) is 12.3. The summed E-state index contributed by atoms with van der Waals surface area (Å²) in [5, 5.41) is 2.06. The summed E-state index contributed by atoms with van der Waals surface area (Å²) in [5.41, 5.74) is 4.10. The molecule has 2 aromatic carbocycles. The number of hydrogen-bond acceptors (Lipinski definition) is 6. The molecule has 1 heterocycles. The highest BCUT2D eigenvalue weighted by Crippen LogP contribution is 2.37. The van der Waals surface area contributed by atoms with Crippen LogP contribution >= 0.6 is 11.8 Å². The molecule has 0 spiro atoms. The van der Waals surface area contributed by atoms with Crippen molar-refractivity contribution < 1.29 is 14.1 Å².